The maximum Gasteiger partial charge on any atom is 0.108 e. The molecule has 7 rings (SSSR count). The fourth-order valence-corrected chi connectivity index (χ4v) is 5.52. The normalized spacial score (nSPS) is 10.6. The van der Waals surface area contributed by atoms with Crippen molar-refractivity contribution >= 4 is 32.7 Å². The summed E-state index contributed by atoms with van der Waals surface area (Å²) in [5, 5.41) is 41.3. The Morgan fingerprint density at radius 3 is 1.64 bits per heavy atom. The largest absolute Gasteiger partial charge is 0.247 e. The van der Waals surface area contributed by atoms with E-state index in [1.54, 1.807) is 42.5 Å². The highest BCUT2D eigenvalue weighted by atomic mass is 14.8. The van der Waals surface area contributed by atoms with Crippen molar-refractivity contribution in [3.05, 3.63) is 125 Å². The average Bonchev–Trinajstić information content (AvgIpc) is 3.10. The summed E-state index contributed by atoms with van der Waals surface area (Å²) < 4.78 is 0. The molecule has 0 bridgehead atoms. The first-order valence-electron chi connectivity index (χ1n) is 13.6. The van der Waals surface area contributed by atoms with Gasteiger partial charge in [-0.25, -0.2) is 15.0 Å². The molecular weight excluding hydrogens is 542 g/mol. The second-order valence-electron chi connectivity index (χ2n) is 10.1. The van der Waals surface area contributed by atoms with Crippen LogP contribution in [-0.2, 0) is 0 Å². The van der Waals surface area contributed by atoms with Gasteiger partial charge in [-0.15, -0.1) is 0 Å². The van der Waals surface area contributed by atoms with Gasteiger partial charge in [0, 0.05) is 32.8 Å². The summed E-state index contributed by atoms with van der Waals surface area (Å²) in [6, 6.07) is 39.8. The third kappa shape index (κ3) is 4.15. The molecule has 0 amide bonds. The number of nitriles is 4. The second-order valence-corrected chi connectivity index (χ2v) is 10.1. The van der Waals surface area contributed by atoms with Gasteiger partial charge in [0.05, 0.1) is 68.6 Å². The summed E-state index contributed by atoms with van der Waals surface area (Å²) in [7, 11) is 0. The summed E-state index contributed by atoms with van der Waals surface area (Å²) in [4.78, 5) is 15.3. The van der Waals surface area contributed by atoms with Crippen LogP contribution in [0.1, 0.15) is 22.3 Å². The third-order valence-electron chi connectivity index (χ3n) is 7.60. The highest BCUT2D eigenvalue weighted by Crippen LogP contribution is 2.40. The van der Waals surface area contributed by atoms with Crippen molar-refractivity contribution in [1.82, 2.24) is 15.0 Å². The van der Waals surface area contributed by atoms with Crippen LogP contribution in [0.4, 0.5) is 0 Å². The number of nitrogens with zero attached hydrogens (tertiary/aromatic N) is 7. The Morgan fingerprint density at radius 2 is 1.02 bits per heavy atom. The highest BCUT2D eigenvalue weighted by Gasteiger charge is 2.22. The lowest BCUT2D eigenvalue weighted by Crippen LogP contribution is -2.00. The standard InChI is InChI=1S/C37H17N7/c38-18-22-9-13-24(14-10-22)33-34(25-15-11-23(19-39)12-16-25)44-37-32-29-7-3-4-8-31(29)42-36(28-6-2-1-5-26(28)20-40)30(32)17-27(21-41)35(37)43-33/h1-17H. The molecule has 2 heterocycles. The van der Waals surface area contributed by atoms with Gasteiger partial charge in [-0.05, 0) is 42.5 Å². The topological polar surface area (TPSA) is 134 Å². The van der Waals surface area contributed by atoms with Crippen molar-refractivity contribution in [2.75, 3.05) is 0 Å². The maximum atomic E-state index is 10.4. The zero-order valence-electron chi connectivity index (χ0n) is 22.9. The molecule has 0 radical (unpaired) electrons. The van der Waals surface area contributed by atoms with Crippen LogP contribution in [0, 0.1) is 45.3 Å². The number of pyridine rings is 1. The van der Waals surface area contributed by atoms with Crippen LogP contribution in [0.3, 0.4) is 0 Å². The molecule has 0 aliphatic carbocycles. The Morgan fingerprint density at radius 1 is 0.455 bits per heavy atom. The molecule has 5 aromatic carbocycles. The third-order valence-corrected chi connectivity index (χ3v) is 7.60. The van der Waals surface area contributed by atoms with Gasteiger partial charge in [0.1, 0.15) is 11.6 Å². The SMILES string of the molecule is N#Cc1ccc(-c2nc3c(C#N)cc4c(-c5ccccc5C#N)nc5ccccc5c4c3nc2-c2ccc(C#N)cc2)cc1. The van der Waals surface area contributed by atoms with Gasteiger partial charge < -0.3 is 0 Å². The van der Waals surface area contributed by atoms with E-state index < -0.39 is 0 Å². The zero-order valence-corrected chi connectivity index (χ0v) is 22.9. The fourth-order valence-electron chi connectivity index (χ4n) is 5.52. The van der Waals surface area contributed by atoms with Crippen molar-refractivity contribution in [2.45, 2.75) is 0 Å². The van der Waals surface area contributed by atoms with Crippen LogP contribution < -0.4 is 0 Å². The van der Waals surface area contributed by atoms with Gasteiger partial charge in [0.15, 0.2) is 0 Å². The minimum absolute atomic E-state index is 0.314. The molecule has 0 unspecified atom stereocenters. The number of para-hydroxylation sites is 1. The van der Waals surface area contributed by atoms with E-state index >= 15 is 0 Å². The molecule has 0 fully saturated rings. The molecule has 2 aromatic heterocycles. The summed E-state index contributed by atoms with van der Waals surface area (Å²) in [6.45, 7) is 0. The van der Waals surface area contributed by atoms with E-state index in [1.165, 1.54) is 0 Å². The van der Waals surface area contributed by atoms with Crippen LogP contribution in [0.25, 0.3) is 66.5 Å². The number of hydrogen-bond acceptors (Lipinski definition) is 7. The Labute approximate surface area is 251 Å². The van der Waals surface area contributed by atoms with E-state index in [-0.39, 0.29) is 0 Å². The van der Waals surface area contributed by atoms with Crippen LogP contribution >= 0.6 is 0 Å². The summed E-state index contributed by atoms with van der Waals surface area (Å²) in [5.41, 5.74) is 7.25. The van der Waals surface area contributed by atoms with E-state index in [2.05, 4.69) is 24.3 Å². The summed E-state index contributed by atoms with van der Waals surface area (Å²) in [6.07, 6.45) is 0. The molecule has 7 heteroatoms. The summed E-state index contributed by atoms with van der Waals surface area (Å²) >= 11 is 0. The predicted molar refractivity (Wildman–Crippen MR) is 168 cm³/mol. The maximum absolute atomic E-state index is 10.4. The van der Waals surface area contributed by atoms with Crippen molar-refractivity contribution < 1.29 is 0 Å². The van der Waals surface area contributed by atoms with Crippen molar-refractivity contribution in [2.24, 2.45) is 0 Å². The molecule has 200 valence electrons. The molecule has 7 aromatic rings. The lowest BCUT2D eigenvalue weighted by Gasteiger charge is -2.16. The average molecular weight is 560 g/mol. The van der Waals surface area contributed by atoms with Crippen LogP contribution in [0.15, 0.2) is 103 Å². The molecule has 0 saturated heterocycles. The highest BCUT2D eigenvalue weighted by molar-refractivity contribution is 6.22. The van der Waals surface area contributed by atoms with Gasteiger partial charge >= 0.3 is 0 Å². The number of fused-ring (bicyclic) bond motifs is 5. The van der Waals surface area contributed by atoms with Crippen LogP contribution in [0.5, 0.6) is 0 Å². The monoisotopic (exact) mass is 559 g/mol. The van der Waals surface area contributed by atoms with Crippen molar-refractivity contribution in [1.29, 1.82) is 21.0 Å². The van der Waals surface area contributed by atoms with E-state index in [0.717, 1.165) is 21.9 Å². The van der Waals surface area contributed by atoms with E-state index in [0.29, 0.717) is 66.8 Å². The van der Waals surface area contributed by atoms with Gasteiger partial charge in [-0.1, -0.05) is 60.7 Å². The van der Waals surface area contributed by atoms with Gasteiger partial charge in [-0.3, -0.25) is 0 Å². The first kappa shape index (κ1) is 26.0. The van der Waals surface area contributed by atoms with Crippen molar-refractivity contribution in [3.8, 4) is 58.0 Å². The Balaban J connectivity index is 1.67. The molecular formula is C37H17N7. The predicted octanol–water partition coefficient (Wildman–Crippen LogP) is 7.82. The molecule has 44 heavy (non-hydrogen) atoms. The van der Waals surface area contributed by atoms with Crippen LogP contribution in [0.2, 0.25) is 0 Å². The molecule has 0 saturated carbocycles. The minimum atomic E-state index is 0.314. The van der Waals surface area contributed by atoms with E-state index in [4.69, 9.17) is 15.0 Å². The van der Waals surface area contributed by atoms with Gasteiger partial charge in [-0.2, -0.15) is 21.0 Å². The number of rotatable bonds is 3. The first-order valence-corrected chi connectivity index (χ1v) is 13.6. The Bertz CT molecular complexity index is 2470. The number of hydrogen-bond donors (Lipinski definition) is 0. The van der Waals surface area contributed by atoms with E-state index in [9.17, 15) is 21.0 Å². The lowest BCUT2D eigenvalue weighted by atomic mass is 9.94. The zero-order chi connectivity index (χ0) is 30.2. The Kier molecular flexibility index (Phi) is 6.19. The molecule has 0 atom stereocenters. The fraction of sp³-hybridized carbons (Fsp3) is 0. The van der Waals surface area contributed by atoms with E-state index in [1.807, 2.05) is 60.7 Å². The number of aromatic nitrogens is 3. The smallest absolute Gasteiger partial charge is 0.108 e. The van der Waals surface area contributed by atoms with Crippen LogP contribution in [-0.4, -0.2) is 15.0 Å². The van der Waals surface area contributed by atoms with Gasteiger partial charge in [0.2, 0.25) is 0 Å². The quantitative estimate of drug-likeness (QED) is 0.201. The molecule has 7 nitrogen and oxygen atoms in total. The second kappa shape index (κ2) is 10.5. The molecule has 0 spiro atoms. The number of benzene rings is 5. The van der Waals surface area contributed by atoms with Crippen molar-refractivity contribution in [3.63, 3.8) is 0 Å². The molecule has 0 aliphatic rings. The minimum Gasteiger partial charge on any atom is -0.247 e. The first-order chi connectivity index (χ1) is 21.6. The summed E-state index contributed by atoms with van der Waals surface area (Å²) in [5.74, 6) is 0. The molecule has 0 N–H and O–H groups in total. The van der Waals surface area contributed by atoms with Gasteiger partial charge in [0.25, 0.3) is 0 Å². The lowest BCUT2D eigenvalue weighted by molar-refractivity contribution is 1.29. The molecule has 0 aliphatic heterocycles. The Hall–Kier alpha value is -6.93.